The fourth-order valence-corrected chi connectivity index (χ4v) is 2.50. The van der Waals surface area contributed by atoms with Crippen LogP contribution in [0.2, 0.25) is 0 Å². The first-order chi connectivity index (χ1) is 9.76. The van der Waals surface area contributed by atoms with E-state index in [9.17, 15) is 4.79 Å². The number of halogens is 1. The molecule has 20 heavy (non-hydrogen) atoms. The number of benzene rings is 1. The number of carbonyl (C=O) groups excluding carboxylic acids is 1. The van der Waals surface area contributed by atoms with Crippen LogP contribution in [0.15, 0.2) is 45.3 Å². The second kappa shape index (κ2) is 5.81. The molecule has 1 atom stereocenters. The Morgan fingerprint density at radius 2 is 2.00 bits per heavy atom. The van der Waals surface area contributed by atoms with Gasteiger partial charge in [-0.3, -0.25) is 4.79 Å². The Hall–Kier alpha value is -1.59. The van der Waals surface area contributed by atoms with Crippen LogP contribution in [-0.4, -0.2) is 31.0 Å². The van der Waals surface area contributed by atoms with E-state index >= 15 is 0 Å². The first-order valence-electron chi connectivity index (χ1n) is 6.43. The van der Waals surface area contributed by atoms with Gasteiger partial charge in [-0.05, 0) is 24.3 Å². The minimum absolute atomic E-state index is 0.182. The second-order valence-electron chi connectivity index (χ2n) is 4.67. The average Bonchev–Trinajstić information content (AvgIpc) is 2.98. The van der Waals surface area contributed by atoms with Crippen molar-refractivity contribution in [2.45, 2.75) is 6.10 Å². The molecule has 0 saturated carbocycles. The number of rotatable bonds is 3. The van der Waals surface area contributed by atoms with Gasteiger partial charge < -0.3 is 14.1 Å². The number of ether oxygens (including phenoxy) is 1. The molecular formula is C15H14BrNO3. The van der Waals surface area contributed by atoms with Crippen LogP contribution in [0.25, 0.3) is 11.3 Å². The van der Waals surface area contributed by atoms with Gasteiger partial charge in [0.15, 0.2) is 0 Å². The summed E-state index contributed by atoms with van der Waals surface area (Å²) in [6, 6.07) is 11.8. The van der Waals surface area contributed by atoms with Crippen molar-refractivity contribution in [3.63, 3.8) is 0 Å². The van der Waals surface area contributed by atoms with Gasteiger partial charge in [-0.25, -0.2) is 0 Å². The highest BCUT2D eigenvalue weighted by molar-refractivity contribution is 9.10. The molecule has 0 radical (unpaired) electrons. The van der Waals surface area contributed by atoms with Crippen LogP contribution in [0.5, 0.6) is 0 Å². The maximum Gasteiger partial charge on any atom is 0.209 e. The quantitative estimate of drug-likeness (QED) is 0.808. The summed E-state index contributed by atoms with van der Waals surface area (Å²) in [5.74, 6) is 1.56. The zero-order valence-electron chi connectivity index (χ0n) is 10.8. The van der Waals surface area contributed by atoms with Gasteiger partial charge in [0.2, 0.25) is 6.41 Å². The van der Waals surface area contributed by atoms with E-state index in [4.69, 9.17) is 9.15 Å². The third-order valence-corrected chi connectivity index (χ3v) is 3.85. The van der Waals surface area contributed by atoms with Crippen LogP contribution in [0.3, 0.4) is 0 Å². The third-order valence-electron chi connectivity index (χ3n) is 3.32. The molecule has 2 heterocycles. The highest BCUT2D eigenvalue weighted by Crippen LogP contribution is 2.29. The van der Waals surface area contributed by atoms with Gasteiger partial charge in [0.1, 0.15) is 17.6 Å². The normalized spacial score (nSPS) is 19.1. The van der Waals surface area contributed by atoms with E-state index in [0.29, 0.717) is 19.7 Å². The van der Waals surface area contributed by atoms with Gasteiger partial charge in [0.05, 0.1) is 13.2 Å². The van der Waals surface area contributed by atoms with E-state index in [1.54, 1.807) is 4.90 Å². The number of furan rings is 1. The molecule has 3 rings (SSSR count). The Kier molecular flexibility index (Phi) is 3.89. The van der Waals surface area contributed by atoms with Gasteiger partial charge in [0, 0.05) is 16.6 Å². The number of nitrogens with zero attached hydrogens (tertiary/aromatic N) is 1. The molecule has 1 unspecified atom stereocenters. The lowest BCUT2D eigenvalue weighted by Crippen LogP contribution is -2.37. The summed E-state index contributed by atoms with van der Waals surface area (Å²) >= 11 is 3.41. The molecule has 4 nitrogen and oxygen atoms in total. The van der Waals surface area contributed by atoms with Crippen molar-refractivity contribution in [1.29, 1.82) is 0 Å². The summed E-state index contributed by atoms with van der Waals surface area (Å²) < 4.78 is 12.6. The van der Waals surface area contributed by atoms with E-state index in [0.717, 1.165) is 28.0 Å². The summed E-state index contributed by atoms with van der Waals surface area (Å²) in [6.45, 7) is 1.72. The molecule has 0 N–H and O–H groups in total. The maximum absolute atomic E-state index is 10.8. The molecule has 2 aromatic rings. The molecule has 1 aromatic carbocycles. The Bertz CT molecular complexity index is 593. The van der Waals surface area contributed by atoms with Crippen molar-refractivity contribution in [2.24, 2.45) is 0 Å². The largest absolute Gasteiger partial charge is 0.458 e. The van der Waals surface area contributed by atoms with Crippen LogP contribution in [0.4, 0.5) is 0 Å². The molecule has 104 valence electrons. The van der Waals surface area contributed by atoms with E-state index in [1.807, 2.05) is 36.4 Å². The van der Waals surface area contributed by atoms with E-state index in [1.165, 1.54) is 0 Å². The number of morpholine rings is 1. The van der Waals surface area contributed by atoms with Crippen molar-refractivity contribution >= 4 is 22.3 Å². The molecule has 0 aliphatic carbocycles. The Morgan fingerprint density at radius 1 is 1.20 bits per heavy atom. The molecule has 1 amide bonds. The smallest absolute Gasteiger partial charge is 0.209 e. The fourth-order valence-electron chi connectivity index (χ4n) is 2.23. The first-order valence-corrected chi connectivity index (χ1v) is 7.22. The average molecular weight is 336 g/mol. The summed E-state index contributed by atoms with van der Waals surface area (Å²) in [5.41, 5.74) is 1.02. The predicted molar refractivity (Wildman–Crippen MR) is 78.2 cm³/mol. The Morgan fingerprint density at radius 3 is 2.75 bits per heavy atom. The van der Waals surface area contributed by atoms with E-state index in [-0.39, 0.29) is 6.10 Å². The predicted octanol–water partition coefficient (Wildman–Crippen LogP) is 3.24. The number of hydrogen-bond acceptors (Lipinski definition) is 3. The molecule has 1 fully saturated rings. The third kappa shape index (κ3) is 2.78. The van der Waals surface area contributed by atoms with Crippen LogP contribution in [0, 0.1) is 0 Å². The van der Waals surface area contributed by atoms with Crippen LogP contribution >= 0.6 is 15.9 Å². The summed E-state index contributed by atoms with van der Waals surface area (Å²) in [4.78, 5) is 12.5. The lowest BCUT2D eigenvalue weighted by Gasteiger charge is -2.28. The van der Waals surface area contributed by atoms with E-state index in [2.05, 4.69) is 15.9 Å². The first kappa shape index (κ1) is 13.4. The van der Waals surface area contributed by atoms with Gasteiger partial charge >= 0.3 is 0 Å². The minimum atomic E-state index is -0.182. The summed E-state index contributed by atoms with van der Waals surface area (Å²) in [6.07, 6.45) is 0.673. The topological polar surface area (TPSA) is 42.7 Å². The number of hydrogen-bond donors (Lipinski definition) is 0. The van der Waals surface area contributed by atoms with Gasteiger partial charge in [0.25, 0.3) is 0 Å². The Labute approximate surface area is 125 Å². The monoisotopic (exact) mass is 335 g/mol. The molecule has 0 bridgehead atoms. The van der Waals surface area contributed by atoms with Crippen LogP contribution in [0.1, 0.15) is 11.9 Å². The van der Waals surface area contributed by atoms with Crippen molar-refractivity contribution in [3.8, 4) is 11.3 Å². The molecule has 1 aliphatic rings. The van der Waals surface area contributed by atoms with Crippen molar-refractivity contribution in [3.05, 3.63) is 46.6 Å². The SMILES string of the molecule is O=CN1CCOC(c2ccc(-c3ccc(Br)cc3)o2)C1. The minimum Gasteiger partial charge on any atom is -0.458 e. The van der Waals surface area contributed by atoms with Crippen LogP contribution in [-0.2, 0) is 9.53 Å². The molecule has 5 heteroatoms. The van der Waals surface area contributed by atoms with Crippen molar-refractivity contribution in [1.82, 2.24) is 4.90 Å². The standard InChI is InChI=1S/C15H14BrNO3/c16-12-3-1-11(2-4-12)13-5-6-14(20-13)15-9-17(10-18)7-8-19-15/h1-6,10,15H,7-9H2. The summed E-state index contributed by atoms with van der Waals surface area (Å²) in [5, 5.41) is 0. The van der Waals surface area contributed by atoms with Gasteiger partial charge in [-0.1, -0.05) is 28.1 Å². The second-order valence-corrected chi connectivity index (χ2v) is 5.58. The zero-order chi connectivity index (χ0) is 13.9. The van der Waals surface area contributed by atoms with Crippen molar-refractivity contribution < 1.29 is 13.9 Å². The molecule has 1 saturated heterocycles. The zero-order valence-corrected chi connectivity index (χ0v) is 12.4. The Balaban J connectivity index is 1.79. The van der Waals surface area contributed by atoms with Crippen LogP contribution < -0.4 is 0 Å². The lowest BCUT2D eigenvalue weighted by molar-refractivity contribution is -0.126. The van der Waals surface area contributed by atoms with Crippen molar-refractivity contribution in [2.75, 3.05) is 19.7 Å². The fraction of sp³-hybridized carbons (Fsp3) is 0.267. The lowest BCUT2D eigenvalue weighted by atomic mass is 10.2. The maximum atomic E-state index is 10.8. The molecule has 1 aromatic heterocycles. The van der Waals surface area contributed by atoms with Gasteiger partial charge in [-0.2, -0.15) is 0 Å². The summed E-state index contributed by atoms with van der Waals surface area (Å²) in [7, 11) is 0. The molecule has 0 spiro atoms. The molecule has 1 aliphatic heterocycles. The highest BCUT2D eigenvalue weighted by Gasteiger charge is 2.23. The number of amides is 1. The highest BCUT2D eigenvalue weighted by atomic mass is 79.9. The van der Waals surface area contributed by atoms with E-state index < -0.39 is 0 Å². The molecular weight excluding hydrogens is 322 g/mol. The number of carbonyl (C=O) groups is 1. The van der Waals surface area contributed by atoms with Gasteiger partial charge in [-0.15, -0.1) is 0 Å².